The quantitative estimate of drug-likeness (QED) is 0.370. The first-order chi connectivity index (χ1) is 17.2. The number of aromatic nitrogens is 1. The van der Waals surface area contributed by atoms with Crippen LogP contribution in [0.5, 0.6) is 0 Å². The summed E-state index contributed by atoms with van der Waals surface area (Å²) in [5.74, 6) is 2.17. The molecule has 0 spiro atoms. The van der Waals surface area contributed by atoms with Gasteiger partial charge in [-0.3, -0.25) is 9.59 Å². The molecule has 0 N–H and O–H groups in total. The molecule has 1 aromatic heterocycles. The van der Waals surface area contributed by atoms with E-state index in [9.17, 15) is 9.59 Å². The van der Waals surface area contributed by atoms with Crippen molar-refractivity contribution in [2.45, 2.75) is 118 Å². The van der Waals surface area contributed by atoms with Gasteiger partial charge in [-0.25, -0.2) is 0 Å². The molecule has 0 radical (unpaired) electrons. The number of nitrogens with zero attached hydrogens (tertiary/aromatic N) is 1. The lowest BCUT2D eigenvalue weighted by atomic mass is 9.34. The molecule has 3 fully saturated rings. The lowest BCUT2D eigenvalue weighted by Gasteiger charge is -2.69. The van der Waals surface area contributed by atoms with E-state index in [1.807, 2.05) is 6.20 Å². The third kappa shape index (κ3) is 3.87. The molecule has 1 unspecified atom stereocenters. The van der Waals surface area contributed by atoms with Gasteiger partial charge in [-0.1, -0.05) is 53.6 Å². The fourth-order valence-corrected chi connectivity index (χ4v) is 10.3. The Labute approximate surface area is 223 Å². The summed E-state index contributed by atoms with van der Waals surface area (Å²) in [5, 5.41) is 4.21. The fraction of sp³-hybridized carbons (Fsp3) is 0.844. The van der Waals surface area contributed by atoms with E-state index in [2.05, 4.69) is 53.6 Å². The van der Waals surface area contributed by atoms with Crippen molar-refractivity contribution < 1.29 is 18.8 Å². The predicted molar refractivity (Wildman–Crippen MR) is 144 cm³/mol. The van der Waals surface area contributed by atoms with Crippen LogP contribution >= 0.6 is 0 Å². The summed E-state index contributed by atoms with van der Waals surface area (Å²) >= 11 is 0. The van der Waals surface area contributed by atoms with Crippen LogP contribution in [0.3, 0.4) is 0 Å². The van der Waals surface area contributed by atoms with E-state index in [1.54, 1.807) is 0 Å². The molecule has 1 heterocycles. The van der Waals surface area contributed by atoms with Crippen LogP contribution in [0, 0.1) is 45.3 Å². The number of rotatable bonds is 1. The van der Waals surface area contributed by atoms with Gasteiger partial charge in [0.25, 0.3) is 0 Å². The Bertz CT molecular complexity index is 1070. The monoisotopic (exact) mass is 511 g/mol. The highest BCUT2D eigenvalue weighted by atomic mass is 16.5. The second-order valence-electron chi connectivity index (χ2n) is 15.3. The van der Waals surface area contributed by atoms with Gasteiger partial charge in [0.15, 0.2) is 0 Å². The molecular weight excluding hydrogens is 462 g/mol. The van der Waals surface area contributed by atoms with Crippen molar-refractivity contribution in [2.24, 2.45) is 45.3 Å². The number of carbonyl (C=O) groups is 2. The number of Topliss-reactive ketones (excluding diaryl/α,β-unsaturated/α-hetero) is 1. The van der Waals surface area contributed by atoms with Crippen molar-refractivity contribution in [3.8, 4) is 0 Å². The number of hydrogen-bond acceptors (Lipinski definition) is 5. The molecule has 0 bridgehead atoms. The second kappa shape index (κ2) is 8.68. The Morgan fingerprint density at radius 3 is 2.27 bits per heavy atom. The van der Waals surface area contributed by atoms with Crippen molar-refractivity contribution in [1.29, 1.82) is 0 Å². The van der Waals surface area contributed by atoms with Crippen molar-refractivity contribution in [3.63, 3.8) is 0 Å². The maximum Gasteiger partial charge on any atom is 0.308 e. The average Bonchev–Trinajstić information content (AvgIpc) is 3.29. The summed E-state index contributed by atoms with van der Waals surface area (Å²) in [4.78, 5) is 27.1. The van der Waals surface area contributed by atoms with Crippen LogP contribution in [-0.4, -0.2) is 24.0 Å². The molecule has 4 aliphatic carbocycles. The van der Waals surface area contributed by atoms with Crippen molar-refractivity contribution in [1.82, 2.24) is 5.16 Å². The van der Waals surface area contributed by atoms with Crippen LogP contribution in [0.2, 0.25) is 0 Å². The Kier molecular flexibility index (Phi) is 6.32. The molecule has 5 rings (SSSR count). The van der Waals surface area contributed by atoms with Gasteiger partial charge < -0.3 is 9.26 Å². The summed E-state index contributed by atoms with van der Waals surface area (Å²) in [5.41, 5.74) is 1.15. The highest BCUT2D eigenvalue weighted by Gasteiger charge is 2.68. The van der Waals surface area contributed by atoms with Gasteiger partial charge in [-0.15, -0.1) is 0 Å². The molecule has 4 aliphatic rings. The maximum absolute atomic E-state index is 14.2. The van der Waals surface area contributed by atoms with Crippen molar-refractivity contribution in [2.75, 3.05) is 7.11 Å². The van der Waals surface area contributed by atoms with Crippen molar-refractivity contribution in [3.05, 3.63) is 17.5 Å². The van der Waals surface area contributed by atoms with Gasteiger partial charge in [0, 0.05) is 23.3 Å². The predicted octanol–water partition coefficient (Wildman–Crippen LogP) is 7.31. The van der Waals surface area contributed by atoms with Gasteiger partial charge in [-0.2, -0.15) is 0 Å². The standard InChI is InChI=1S/C32H49NO4/c1-28(2)13-9-20(27(35)36-8)10-15-31(6)22(11-14-28)23(34)17-25-30(5)18-21-19-33-37-26(21)29(3,4)24(30)12-16-32(25,31)7/h19-20,22,24-25H,9-18H2,1-8H3/t20-,22?,24-,25+,30-,31+,32+/m0/s1. The molecule has 1 aromatic rings. The number of methoxy groups -OCH3 is 1. The lowest BCUT2D eigenvalue weighted by molar-refractivity contribution is -0.197. The molecule has 3 saturated carbocycles. The van der Waals surface area contributed by atoms with E-state index in [-0.39, 0.29) is 44.9 Å². The smallest absolute Gasteiger partial charge is 0.308 e. The minimum atomic E-state index is -0.139. The summed E-state index contributed by atoms with van der Waals surface area (Å²) in [6.45, 7) is 16.7. The molecular formula is C32H49NO4. The van der Waals surface area contributed by atoms with E-state index in [4.69, 9.17) is 9.26 Å². The summed E-state index contributed by atoms with van der Waals surface area (Å²) < 4.78 is 11.1. The van der Waals surface area contributed by atoms with E-state index in [0.717, 1.165) is 63.5 Å². The Morgan fingerprint density at radius 2 is 1.57 bits per heavy atom. The zero-order chi connectivity index (χ0) is 27.0. The van der Waals surface area contributed by atoms with Crippen LogP contribution < -0.4 is 0 Å². The zero-order valence-electron chi connectivity index (χ0n) is 24.5. The largest absolute Gasteiger partial charge is 0.469 e. The Hall–Kier alpha value is -1.65. The SMILES string of the molecule is COC(=O)[C@H]1CCC(C)(C)CCC2C(=O)C[C@@H]3[C@@]4(C)Cc5cnoc5C(C)(C)[C@@H]4CC[C@@]3(C)[C@]2(C)CC1. The minimum absolute atomic E-state index is 0.00896. The molecule has 5 heteroatoms. The topological polar surface area (TPSA) is 69.4 Å². The maximum atomic E-state index is 14.2. The van der Waals surface area contributed by atoms with Crippen LogP contribution in [0.15, 0.2) is 10.7 Å². The number of fused-ring (bicyclic) bond motifs is 6. The number of ether oxygens (including phenoxy) is 1. The third-order valence-corrected chi connectivity index (χ3v) is 12.7. The van der Waals surface area contributed by atoms with E-state index < -0.39 is 0 Å². The number of carbonyl (C=O) groups excluding carboxylic acids is 2. The molecule has 5 nitrogen and oxygen atoms in total. The molecule has 0 aliphatic heterocycles. The number of hydrogen-bond donors (Lipinski definition) is 0. The molecule has 0 aromatic carbocycles. The fourth-order valence-electron chi connectivity index (χ4n) is 10.3. The first-order valence-corrected chi connectivity index (χ1v) is 14.7. The van der Waals surface area contributed by atoms with Crippen LogP contribution in [-0.2, 0) is 26.2 Å². The van der Waals surface area contributed by atoms with Gasteiger partial charge in [0.05, 0.1) is 19.2 Å². The molecule has 37 heavy (non-hydrogen) atoms. The van der Waals surface area contributed by atoms with Gasteiger partial charge in [0.1, 0.15) is 11.5 Å². The first-order valence-electron chi connectivity index (χ1n) is 14.7. The summed E-state index contributed by atoms with van der Waals surface area (Å²) in [6.07, 6.45) is 11.4. The van der Waals surface area contributed by atoms with Crippen molar-refractivity contribution >= 4 is 11.8 Å². The lowest BCUT2D eigenvalue weighted by Crippen LogP contribution is -2.65. The Morgan fingerprint density at radius 1 is 0.919 bits per heavy atom. The van der Waals surface area contributed by atoms with Crippen LogP contribution in [0.4, 0.5) is 0 Å². The van der Waals surface area contributed by atoms with Crippen LogP contribution in [0.1, 0.15) is 118 Å². The van der Waals surface area contributed by atoms with E-state index in [1.165, 1.54) is 12.7 Å². The molecule has 206 valence electrons. The molecule has 0 saturated heterocycles. The number of ketones is 1. The van der Waals surface area contributed by atoms with Gasteiger partial charge >= 0.3 is 5.97 Å². The summed E-state index contributed by atoms with van der Waals surface area (Å²) in [7, 11) is 1.52. The highest BCUT2D eigenvalue weighted by Crippen LogP contribution is 2.72. The number of esters is 1. The zero-order valence-corrected chi connectivity index (χ0v) is 24.5. The minimum Gasteiger partial charge on any atom is -0.469 e. The molecule has 0 amide bonds. The van der Waals surface area contributed by atoms with E-state index >= 15 is 0 Å². The van der Waals surface area contributed by atoms with E-state index in [0.29, 0.717) is 24.0 Å². The summed E-state index contributed by atoms with van der Waals surface area (Å²) in [6, 6.07) is 0. The average molecular weight is 512 g/mol. The van der Waals surface area contributed by atoms with Crippen LogP contribution in [0.25, 0.3) is 0 Å². The second-order valence-corrected chi connectivity index (χ2v) is 15.3. The normalized spacial score (nSPS) is 43.0. The molecule has 7 atom stereocenters. The van der Waals surface area contributed by atoms with Gasteiger partial charge in [-0.05, 0) is 91.3 Å². The Balaban J connectivity index is 1.58. The highest BCUT2D eigenvalue weighted by molar-refractivity contribution is 5.83. The van der Waals surface area contributed by atoms with Gasteiger partial charge in [0.2, 0.25) is 0 Å². The third-order valence-electron chi connectivity index (χ3n) is 12.7. The first kappa shape index (κ1) is 26.9.